The summed E-state index contributed by atoms with van der Waals surface area (Å²) in [6.07, 6.45) is 3.81. The van der Waals surface area contributed by atoms with Gasteiger partial charge in [0.15, 0.2) is 0 Å². The summed E-state index contributed by atoms with van der Waals surface area (Å²) in [5.74, 6) is -0.495. The third-order valence-corrected chi connectivity index (χ3v) is 4.91. The summed E-state index contributed by atoms with van der Waals surface area (Å²) >= 11 is 5.93. The van der Waals surface area contributed by atoms with Gasteiger partial charge in [-0.25, -0.2) is 9.67 Å². The zero-order valence-electron chi connectivity index (χ0n) is 16.4. The van der Waals surface area contributed by atoms with Crippen molar-refractivity contribution >= 4 is 23.4 Å². The van der Waals surface area contributed by atoms with Crippen molar-refractivity contribution in [3.8, 4) is 5.75 Å². The number of hydrogen-bond acceptors (Lipinski definition) is 6. The molecule has 152 valence electrons. The molecule has 0 radical (unpaired) electrons. The van der Waals surface area contributed by atoms with Crippen molar-refractivity contribution in [2.24, 2.45) is 5.41 Å². The summed E-state index contributed by atoms with van der Waals surface area (Å²) in [5, 5.41) is 4.62. The lowest BCUT2D eigenvalue weighted by Crippen LogP contribution is -2.46. The van der Waals surface area contributed by atoms with Crippen LogP contribution in [0.15, 0.2) is 36.9 Å². The van der Waals surface area contributed by atoms with E-state index in [4.69, 9.17) is 21.1 Å². The second-order valence-electron chi connectivity index (χ2n) is 6.42. The fourth-order valence-corrected chi connectivity index (χ4v) is 3.14. The zero-order valence-corrected chi connectivity index (χ0v) is 17.2. The average molecular weight is 408 g/mol. The molecule has 0 saturated carbocycles. The van der Waals surface area contributed by atoms with Crippen LogP contribution in [0.2, 0.25) is 5.02 Å². The van der Waals surface area contributed by atoms with Gasteiger partial charge in [-0.3, -0.25) is 9.59 Å². The number of unbranched alkanes of at least 4 members (excludes halogenated alkanes) is 1. The van der Waals surface area contributed by atoms with Crippen LogP contribution in [0.25, 0.3) is 0 Å². The van der Waals surface area contributed by atoms with E-state index in [9.17, 15) is 9.59 Å². The van der Waals surface area contributed by atoms with Crippen LogP contribution < -0.4 is 4.74 Å². The highest BCUT2D eigenvalue weighted by molar-refractivity contribution is 6.30. The van der Waals surface area contributed by atoms with Gasteiger partial charge in [0, 0.05) is 5.02 Å². The average Bonchev–Trinajstić information content (AvgIpc) is 3.23. The fraction of sp³-hybridized carbons (Fsp3) is 0.500. The first-order chi connectivity index (χ1) is 13.5. The van der Waals surface area contributed by atoms with Crippen LogP contribution >= 0.6 is 11.6 Å². The van der Waals surface area contributed by atoms with Crippen LogP contribution in [0.5, 0.6) is 5.75 Å². The van der Waals surface area contributed by atoms with Gasteiger partial charge >= 0.3 is 5.97 Å². The lowest BCUT2D eigenvalue weighted by molar-refractivity contribution is -0.165. The third kappa shape index (κ3) is 4.90. The molecular formula is C20H26ClN3O4. The number of rotatable bonds is 11. The van der Waals surface area contributed by atoms with Gasteiger partial charge in [0.25, 0.3) is 6.23 Å². The summed E-state index contributed by atoms with van der Waals surface area (Å²) < 4.78 is 12.5. The maximum Gasteiger partial charge on any atom is 0.319 e. The van der Waals surface area contributed by atoms with E-state index in [1.807, 2.05) is 13.8 Å². The van der Waals surface area contributed by atoms with Crippen molar-refractivity contribution < 1.29 is 19.1 Å². The van der Waals surface area contributed by atoms with Gasteiger partial charge in [-0.1, -0.05) is 38.3 Å². The van der Waals surface area contributed by atoms with Crippen molar-refractivity contribution in [3.63, 3.8) is 0 Å². The van der Waals surface area contributed by atoms with Crippen LogP contribution in [-0.2, 0) is 14.3 Å². The van der Waals surface area contributed by atoms with Crippen LogP contribution in [0.3, 0.4) is 0 Å². The molecule has 7 nitrogen and oxygen atoms in total. The molecule has 8 heteroatoms. The number of hydrogen-bond donors (Lipinski definition) is 0. The normalized spacial score (nSPS) is 14.1. The Morgan fingerprint density at radius 3 is 2.46 bits per heavy atom. The summed E-state index contributed by atoms with van der Waals surface area (Å²) in [6, 6.07) is 6.64. The minimum atomic E-state index is -1.31. The molecule has 0 aliphatic rings. The molecule has 2 aromatic rings. The molecule has 1 heterocycles. The molecular weight excluding hydrogens is 382 g/mol. The number of ketones is 1. The minimum Gasteiger partial charge on any atom is -0.465 e. The smallest absolute Gasteiger partial charge is 0.319 e. The molecule has 0 amide bonds. The van der Waals surface area contributed by atoms with E-state index in [1.165, 1.54) is 17.3 Å². The Balaban J connectivity index is 2.43. The summed E-state index contributed by atoms with van der Waals surface area (Å²) in [4.78, 5) is 30.4. The van der Waals surface area contributed by atoms with E-state index in [0.717, 1.165) is 6.42 Å². The van der Waals surface area contributed by atoms with Crippen molar-refractivity contribution in [2.75, 3.05) is 6.61 Å². The molecule has 2 rings (SSSR count). The molecule has 0 saturated heterocycles. The molecule has 2 unspecified atom stereocenters. The van der Waals surface area contributed by atoms with E-state index >= 15 is 0 Å². The maximum atomic E-state index is 13.6. The molecule has 0 bridgehead atoms. The second-order valence-corrected chi connectivity index (χ2v) is 6.86. The molecule has 0 spiro atoms. The number of Topliss-reactive ketones (excluding diaryl/α,β-unsaturated/α-hetero) is 1. The highest BCUT2D eigenvalue weighted by Crippen LogP contribution is 2.36. The van der Waals surface area contributed by atoms with Gasteiger partial charge in [-0.15, -0.1) is 0 Å². The zero-order chi connectivity index (χ0) is 20.6. The van der Waals surface area contributed by atoms with Crippen LogP contribution in [-0.4, -0.2) is 33.1 Å². The standard InChI is InChI=1S/C20H26ClN3O4/c1-4-7-12-20(5-2,19(26)27-6-3)17(25)18(24-14-22-13-23-24)28-16-10-8-15(21)9-11-16/h8-11,13-14,18H,4-7,12H2,1-3H3. The highest BCUT2D eigenvalue weighted by atomic mass is 35.5. The monoisotopic (exact) mass is 407 g/mol. The second kappa shape index (κ2) is 10.2. The SMILES string of the molecule is CCCCC(CC)(C(=O)OCC)C(=O)C(Oc1ccc(Cl)cc1)n1cncn1. The largest absolute Gasteiger partial charge is 0.465 e. The Hall–Kier alpha value is -2.41. The third-order valence-electron chi connectivity index (χ3n) is 4.66. The van der Waals surface area contributed by atoms with E-state index in [-0.39, 0.29) is 6.61 Å². The Morgan fingerprint density at radius 2 is 1.93 bits per heavy atom. The summed E-state index contributed by atoms with van der Waals surface area (Å²) in [5.41, 5.74) is -1.31. The fourth-order valence-electron chi connectivity index (χ4n) is 3.01. The Labute approximate surface area is 170 Å². The topological polar surface area (TPSA) is 83.3 Å². The molecule has 28 heavy (non-hydrogen) atoms. The van der Waals surface area contributed by atoms with Gasteiger partial charge in [0.2, 0.25) is 5.78 Å². The molecule has 0 aliphatic heterocycles. The molecule has 1 aromatic heterocycles. The lowest BCUT2D eigenvalue weighted by atomic mass is 9.75. The Bertz CT molecular complexity index is 764. The molecule has 0 fully saturated rings. The van der Waals surface area contributed by atoms with E-state index < -0.39 is 23.4 Å². The first kappa shape index (κ1) is 21.9. The quantitative estimate of drug-likeness (QED) is 0.409. The van der Waals surface area contributed by atoms with Crippen molar-refractivity contribution in [1.82, 2.24) is 14.8 Å². The number of ether oxygens (including phenoxy) is 2. The Kier molecular flexibility index (Phi) is 7.99. The first-order valence-corrected chi connectivity index (χ1v) is 9.84. The number of benzene rings is 1. The molecule has 0 N–H and O–H groups in total. The van der Waals surface area contributed by atoms with Crippen LogP contribution in [0.1, 0.15) is 52.7 Å². The first-order valence-electron chi connectivity index (χ1n) is 9.46. The predicted octanol–water partition coefficient (Wildman–Crippen LogP) is 4.23. The molecule has 1 aromatic carbocycles. The summed E-state index contributed by atoms with van der Waals surface area (Å²) in [6.45, 7) is 5.74. The van der Waals surface area contributed by atoms with E-state index in [2.05, 4.69) is 10.1 Å². The van der Waals surface area contributed by atoms with Gasteiger partial charge < -0.3 is 9.47 Å². The maximum absolute atomic E-state index is 13.6. The Morgan fingerprint density at radius 1 is 1.21 bits per heavy atom. The minimum absolute atomic E-state index is 0.200. The number of carbonyl (C=O) groups is 2. The van der Waals surface area contributed by atoms with Crippen molar-refractivity contribution in [3.05, 3.63) is 41.9 Å². The van der Waals surface area contributed by atoms with Gasteiger partial charge in [0.05, 0.1) is 6.61 Å². The number of halogens is 1. The lowest BCUT2D eigenvalue weighted by Gasteiger charge is -2.32. The van der Waals surface area contributed by atoms with Gasteiger partial charge in [-0.05, 0) is 44.0 Å². The molecule has 0 aliphatic carbocycles. The summed E-state index contributed by atoms with van der Waals surface area (Å²) in [7, 11) is 0. The predicted molar refractivity (Wildman–Crippen MR) is 105 cm³/mol. The number of aromatic nitrogens is 3. The van der Waals surface area contributed by atoms with Gasteiger partial charge in [0.1, 0.15) is 23.8 Å². The van der Waals surface area contributed by atoms with E-state index in [1.54, 1.807) is 31.2 Å². The van der Waals surface area contributed by atoms with Crippen molar-refractivity contribution in [2.45, 2.75) is 52.7 Å². The van der Waals surface area contributed by atoms with Crippen LogP contribution in [0, 0.1) is 5.41 Å². The van der Waals surface area contributed by atoms with E-state index in [0.29, 0.717) is 30.0 Å². The molecule has 2 atom stereocenters. The number of nitrogens with zero attached hydrogens (tertiary/aromatic N) is 3. The van der Waals surface area contributed by atoms with Gasteiger partial charge in [-0.2, -0.15) is 5.10 Å². The van der Waals surface area contributed by atoms with Crippen molar-refractivity contribution in [1.29, 1.82) is 0 Å². The number of esters is 1. The number of carbonyl (C=O) groups excluding carboxylic acids is 2. The van der Waals surface area contributed by atoms with Crippen LogP contribution in [0.4, 0.5) is 0 Å². The highest BCUT2D eigenvalue weighted by Gasteiger charge is 2.49.